The number of halogens is 1. The number of rotatable bonds is 8. The van der Waals surface area contributed by atoms with E-state index in [1.54, 1.807) is 24.3 Å². The molecule has 0 radical (unpaired) electrons. The molecule has 0 unspecified atom stereocenters. The van der Waals surface area contributed by atoms with E-state index in [1.807, 2.05) is 0 Å². The van der Waals surface area contributed by atoms with Gasteiger partial charge in [-0.05, 0) is 17.7 Å². The number of carbonyl (C=O) groups excluding carboxylic acids is 4. The van der Waals surface area contributed by atoms with Crippen LogP contribution in [0.25, 0.3) is 0 Å². The van der Waals surface area contributed by atoms with Crippen molar-refractivity contribution in [2.45, 2.75) is 13.5 Å². The lowest BCUT2D eigenvalue weighted by Gasteiger charge is -2.07. The van der Waals surface area contributed by atoms with Crippen LogP contribution in [-0.2, 0) is 20.9 Å². The summed E-state index contributed by atoms with van der Waals surface area (Å²) in [7, 11) is 0. The van der Waals surface area contributed by atoms with Crippen molar-refractivity contribution in [1.82, 2.24) is 15.6 Å². The number of nitrogens with zero attached hydrogens (tertiary/aromatic N) is 1. The van der Waals surface area contributed by atoms with E-state index in [4.69, 9.17) is 16.3 Å². The molecule has 2 aromatic rings. The lowest BCUT2D eigenvalue weighted by atomic mass is 10.1. The predicted octanol–water partition coefficient (Wildman–Crippen LogP) is 1.53. The van der Waals surface area contributed by atoms with E-state index in [2.05, 4.69) is 15.6 Å². The summed E-state index contributed by atoms with van der Waals surface area (Å²) in [6.07, 6.45) is 1.37. The highest BCUT2D eigenvalue weighted by atomic mass is 35.5. The van der Waals surface area contributed by atoms with Crippen molar-refractivity contribution in [3.05, 3.63) is 64.4 Å². The third-order valence-corrected chi connectivity index (χ3v) is 3.76. The van der Waals surface area contributed by atoms with Crippen molar-refractivity contribution in [2.75, 3.05) is 13.2 Å². The Hall–Kier alpha value is -3.26. The van der Waals surface area contributed by atoms with E-state index < -0.39 is 25.0 Å². The minimum atomic E-state index is -0.758. The van der Waals surface area contributed by atoms with Gasteiger partial charge in [-0.3, -0.25) is 24.2 Å². The van der Waals surface area contributed by atoms with E-state index in [0.717, 1.165) is 5.56 Å². The number of hydrogen-bond acceptors (Lipinski definition) is 6. The molecule has 2 N–H and O–H groups in total. The molecule has 8 nitrogen and oxygen atoms in total. The second kappa shape index (κ2) is 10.2. The van der Waals surface area contributed by atoms with Gasteiger partial charge in [0.2, 0.25) is 5.91 Å². The zero-order valence-corrected chi connectivity index (χ0v) is 15.8. The SMILES string of the molecule is CC(=O)NCc1ccc(C(=O)COC(=O)CNC(=O)c2cc(Cl)ccn2)cc1. The maximum atomic E-state index is 12.1. The van der Waals surface area contributed by atoms with Crippen LogP contribution in [0.5, 0.6) is 0 Å². The molecule has 9 heteroatoms. The maximum Gasteiger partial charge on any atom is 0.325 e. The number of nitrogens with one attached hydrogen (secondary N) is 2. The zero-order valence-electron chi connectivity index (χ0n) is 15.0. The highest BCUT2D eigenvalue weighted by Crippen LogP contribution is 2.08. The molecule has 0 atom stereocenters. The molecule has 0 saturated carbocycles. The minimum Gasteiger partial charge on any atom is -0.456 e. The number of carbonyl (C=O) groups is 4. The summed E-state index contributed by atoms with van der Waals surface area (Å²) < 4.78 is 4.87. The summed E-state index contributed by atoms with van der Waals surface area (Å²) in [5, 5.41) is 5.33. The van der Waals surface area contributed by atoms with Gasteiger partial charge in [0.25, 0.3) is 5.91 Å². The highest BCUT2D eigenvalue weighted by molar-refractivity contribution is 6.30. The normalized spacial score (nSPS) is 10.1. The van der Waals surface area contributed by atoms with Crippen LogP contribution < -0.4 is 10.6 Å². The average molecular weight is 404 g/mol. The molecule has 0 saturated heterocycles. The van der Waals surface area contributed by atoms with E-state index >= 15 is 0 Å². The third-order valence-electron chi connectivity index (χ3n) is 3.53. The molecule has 28 heavy (non-hydrogen) atoms. The molecule has 0 aliphatic rings. The highest BCUT2D eigenvalue weighted by Gasteiger charge is 2.13. The number of esters is 1. The van der Waals surface area contributed by atoms with E-state index in [9.17, 15) is 19.2 Å². The van der Waals surface area contributed by atoms with Gasteiger partial charge in [-0.25, -0.2) is 0 Å². The molecule has 2 amide bonds. The van der Waals surface area contributed by atoms with E-state index in [-0.39, 0.29) is 17.4 Å². The van der Waals surface area contributed by atoms with Crippen LogP contribution in [0.2, 0.25) is 5.02 Å². The maximum absolute atomic E-state index is 12.1. The number of pyridine rings is 1. The topological polar surface area (TPSA) is 114 Å². The Kier molecular flexibility index (Phi) is 7.65. The second-order valence-corrected chi connectivity index (χ2v) is 6.17. The first-order valence-corrected chi connectivity index (χ1v) is 8.65. The van der Waals surface area contributed by atoms with Crippen molar-refractivity contribution < 1.29 is 23.9 Å². The van der Waals surface area contributed by atoms with Gasteiger partial charge in [0.15, 0.2) is 12.4 Å². The quantitative estimate of drug-likeness (QED) is 0.510. The van der Waals surface area contributed by atoms with Gasteiger partial charge < -0.3 is 15.4 Å². The molecular weight excluding hydrogens is 386 g/mol. The molecule has 146 valence electrons. The Morgan fingerprint density at radius 1 is 1.07 bits per heavy atom. The molecule has 0 spiro atoms. The van der Waals surface area contributed by atoms with Crippen LogP contribution in [0.1, 0.15) is 33.3 Å². The summed E-state index contributed by atoms with van der Waals surface area (Å²) in [6, 6.07) is 9.44. The molecule has 1 heterocycles. The lowest BCUT2D eigenvalue weighted by molar-refractivity contribution is -0.141. The summed E-state index contributed by atoms with van der Waals surface area (Å²) in [5.74, 6) is -1.88. The van der Waals surface area contributed by atoms with Crippen LogP contribution >= 0.6 is 11.6 Å². The fourth-order valence-corrected chi connectivity index (χ4v) is 2.25. The van der Waals surface area contributed by atoms with E-state index in [1.165, 1.54) is 25.3 Å². The number of hydrogen-bond donors (Lipinski definition) is 2. The molecular formula is C19H18ClN3O5. The first-order valence-electron chi connectivity index (χ1n) is 8.27. The molecule has 0 aliphatic carbocycles. The summed E-state index contributed by atoms with van der Waals surface area (Å²) >= 11 is 5.77. The largest absolute Gasteiger partial charge is 0.456 e. The Morgan fingerprint density at radius 3 is 2.43 bits per heavy atom. The molecule has 2 rings (SSSR count). The van der Waals surface area contributed by atoms with Gasteiger partial charge in [-0.2, -0.15) is 0 Å². The minimum absolute atomic E-state index is 0.0655. The number of ether oxygens (including phenoxy) is 1. The monoisotopic (exact) mass is 403 g/mol. The zero-order chi connectivity index (χ0) is 20.5. The van der Waals surface area contributed by atoms with Gasteiger partial charge in [-0.15, -0.1) is 0 Å². The van der Waals surface area contributed by atoms with Crippen molar-refractivity contribution in [2.24, 2.45) is 0 Å². The number of ketones is 1. The number of aromatic nitrogens is 1. The van der Waals surface area contributed by atoms with Crippen molar-refractivity contribution in [3.63, 3.8) is 0 Å². The van der Waals surface area contributed by atoms with Crippen molar-refractivity contribution >= 4 is 35.2 Å². The number of benzene rings is 1. The smallest absolute Gasteiger partial charge is 0.325 e. The molecule has 1 aromatic carbocycles. The van der Waals surface area contributed by atoms with Gasteiger partial charge in [0.05, 0.1) is 0 Å². The summed E-state index contributed by atoms with van der Waals surface area (Å²) in [6.45, 7) is 0.922. The van der Waals surface area contributed by atoms with Crippen LogP contribution in [0.15, 0.2) is 42.6 Å². The first kappa shape index (κ1) is 21.0. The number of amides is 2. The molecule has 0 aliphatic heterocycles. The van der Waals surface area contributed by atoms with Crippen LogP contribution in [0.3, 0.4) is 0 Å². The first-order chi connectivity index (χ1) is 13.3. The van der Waals surface area contributed by atoms with Crippen molar-refractivity contribution in [3.8, 4) is 0 Å². The van der Waals surface area contributed by atoms with Gasteiger partial charge in [-0.1, -0.05) is 35.9 Å². The van der Waals surface area contributed by atoms with Gasteiger partial charge >= 0.3 is 5.97 Å². The summed E-state index contributed by atoms with van der Waals surface area (Å²) in [4.78, 5) is 50.3. The molecule has 0 bridgehead atoms. The number of Topliss-reactive ketones (excluding diaryl/α,β-unsaturated/α-hetero) is 1. The Labute approximate surface area is 166 Å². The van der Waals surface area contributed by atoms with Crippen LogP contribution in [0, 0.1) is 0 Å². The lowest BCUT2D eigenvalue weighted by Crippen LogP contribution is -2.32. The molecule has 0 fully saturated rings. The fourth-order valence-electron chi connectivity index (χ4n) is 2.09. The molecule has 1 aromatic heterocycles. The third kappa shape index (κ3) is 6.81. The van der Waals surface area contributed by atoms with Gasteiger partial charge in [0, 0.05) is 30.3 Å². The van der Waals surface area contributed by atoms with Crippen molar-refractivity contribution in [1.29, 1.82) is 0 Å². The predicted molar refractivity (Wildman–Crippen MR) is 101 cm³/mol. The van der Waals surface area contributed by atoms with Gasteiger partial charge in [0.1, 0.15) is 12.2 Å². The Bertz CT molecular complexity index is 883. The van der Waals surface area contributed by atoms with E-state index in [0.29, 0.717) is 17.1 Å². The average Bonchev–Trinajstić information content (AvgIpc) is 2.69. The summed E-state index contributed by atoms with van der Waals surface area (Å²) in [5.41, 5.74) is 1.27. The van der Waals surface area contributed by atoms with Crippen LogP contribution in [-0.4, -0.2) is 41.7 Å². The Morgan fingerprint density at radius 2 is 1.79 bits per heavy atom. The standard InChI is InChI=1S/C19H18ClN3O5/c1-12(24)22-9-13-2-4-14(5-3-13)17(25)11-28-18(26)10-23-19(27)16-8-15(20)6-7-21-16/h2-8H,9-11H2,1H3,(H,22,24)(H,23,27). The second-order valence-electron chi connectivity index (χ2n) is 5.73. The fraction of sp³-hybridized carbons (Fsp3) is 0.211. The Balaban J connectivity index is 1.76. The van der Waals surface area contributed by atoms with Crippen LogP contribution in [0.4, 0.5) is 0 Å².